The lowest BCUT2D eigenvalue weighted by molar-refractivity contribution is -0.127. The number of thioether (sulfide) groups is 1. The van der Waals surface area contributed by atoms with Crippen molar-refractivity contribution in [3.05, 3.63) is 105 Å². The highest BCUT2D eigenvalue weighted by molar-refractivity contribution is 8.18. The zero-order chi connectivity index (χ0) is 27.0. The second kappa shape index (κ2) is 10.4. The van der Waals surface area contributed by atoms with E-state index in [-0.39, 0.29) is 4.91 Å². The van der Waals surface area contributed by atoms with Gasteiger partial charge < -0.3 is 9.88 Å². The fourth-order valence-electron chi connectivity index (χ4n) is 4.04. The highest BCUT2D eigenvalue weighted by Gasteiger charge is 2.36. The summed E-state index contributed by atoms with van der Waals surface area (Å²) in [6.45, 7) is -0.174. The van der Waals surface area contributed by atoms with Gasteiger partial charge in [-0.3, -0.25) is 19.3 Å². The van der Waals surface area contributed by atoms with Gasteiger partial charge in [-0.15, -0.1) is 0 Å². The minimum Gasteiger partial charge on any atom is -0.342 e. The first-order valence-corrected chi connectivity index (χ1v) is 12.4. The van der Waals surface area contributed by atoms with Gasteiger partial charge >= 0.3 is 0 Å². The molecule has 3 aromatic carbocycles. The standard InChI is InChI=1S/C27H17ClF3N3O3S/c28-17-7-5-15(6-8-17)12-33-13-16(18-3-1-2-4-21(18)33)11-22-26(36)34(27(37)38-22)14-23(35)32-20-10-9-19(29)24(30)25(20)31/h1-11,13H,12,14H2,(H,32,35)/b22-11-. The molecule has 1 N–H and O–H groups in total. The SMILES string of the molecule is O=C(CN1C(=O)S/C(=C\c2cn(Cc3ccc(Cl)cc3)c3ccccc23)C1=O)Nc1ccc(F)c(F)c1F. The average molecular weight is 556 g/mol. The normalized spacial score (nSPS) is 14.6. The van der Waals surface area contributed by atoms with E-state index in [4.69, 9.17) is 11.6 Å². The van der Waals surface area contributed by atoms with Crippen LogP contribution in [0.3, 0.4) is 0 Å². The summed E-state index contributed by atoms with van der Waals surface area (Å²) in [7, 11) is 0. The molecule has 0 atom stereocenters. The van der Waals surface area contributed by atoms with Crippen LogP contribution in [0.4, 0.5) is 23.7 Å². The molecule has 11 heteroatoms. The Labute approximate surface area is 223 Å². The lowest BCUT2D eigenvalue weighted by Gasteiger charge is -2.13. The average Bonchev–Trinajstić information content (AvgIpc) is 3.37. The summed E-state index contributed by atoms with van der Waals surface area (Å²) in [5.74, 6) is -6.38. The molecular weight excluding hydrogens is 539 g/mol. The largest absolute Gasteiger partial charge is 0.342 e. The monoisotopic (exact) mass is 555 g/mol. The highest BCUT2D eigenvalue weighted by Crippen LogP contribution is 2.34. The van der Waals surface area contributed by atoms with Crippen LogP contribution in [0, 0.1) is 17.5 Å². The molecule has 0 radical (unpaired) electrons. The van der Waals surface area contributed by atoms with Crippen molar-refractivity contribution < 1.29 is 27.6 Å². The van der Waals surface area contributed by atoms with E-state index < -0.39 is 46.7 Å². The number of aromatic nitrogens is 1. The van der Waals surface area contributed by atoms with Gasteiger partial charge in [-0.2, -0.15) is 0 Å². The molecule has 1 aromatic heterocycles. The summed E-state index contributed by atoms with van der Waals surface area (Å²) in [5.41, 5.74) is 2.03. The second-order valence-corrected chi connectivity index (χ2v) is 9.82. The third kappa shape index (κ3) is 5.05. The summed E-state index contributed by atoms with van der Waals surface area (Å²) in [6.07, 6.45) is 3.45. The number of fused-ring (bicyclic) bond motifs is 1. The Bertz CT molecular complexity index is 1640. The zero-order valence-electron chi connectivity index (χ0n) is 19.4. The molecule has 38 heavy (non-hydrogen) atoms. The third-order valence-electron chi connectivity index (χ3n) is 5.86. The van der Waals surface area contributed by atoms with Crippen molar-refractivity contribution in [2.75, 3.05) is 11.9 Å². The van der Waals surface area contributed by atoms with Crippen LogP contribution in [-0.4, -0.2) is 33.1 Å². The van der Waals surface area contributed by atoms with Gasteiger partial charge in [-0.05, 0) is 53.7 Å². The van der Waals surface area contributed by atoms with Gasteiger partial charge in [-0.25, -0.2) is 13.2 Å². The number of hydrogen-bond donors (Lipinski definition) is 1. The van der Waals surface area contributed by atoms with E-state index in [2.05, 4.69) is 5.32 Å². The molecule has 0 bridgehead atoms. The number of halogens is 4. The van der Waals surface area contributed by atoms with E-state index in [1.807, 2.05) is 47.2 Å². The molecule has 5 rings (SSSR count). The number of para-hydroxylation sites is 1. The van der Waals surface area contributed by atoms with Crippen LogP contribution < -0.4 is 5.32 Å². The van der Waals surface area contributed by atoms with Crippen LogP contribution in [-0.2, 0) is 16.1 Å². The fraction of sp³-hybridized carbons (Fsp3) is 0.0741. The van der Waals surface area contributed by atoms with E-state index in [1.54, 1.807) is 18.2 Å². The van der Waals surface area contributed by atoms with Gasteiger partial charge in [0.05, 0.1) is 10.6 Å². The van der Waals surface area contributed by atoms with Crippen LogP contribution in [0.25, 0.3) is 17.0 Å². The number of nitrogens with one attached hydrogen (secondary N) is 1. The van der Waals surface area contributed by atoms with Crippen molar-refractivity contribution in [1.82, 2.24) is 9.47 Å². The van der Waals surface area contributed by atoms with Crippen LogP contribution in [0.2, 0.25) is 5.02 Å². The summed E-state index contributed by atoms with van der Waals surface area (Å²) in [4.78, 5) is 38.7. The topological polar surface area (TPSA) is 71.4 Å². The quantitative estimate of drug-likeness (QED) is 0.220. The van der Waals surface area contributed by atoms with Crippen molar-refractivity contribution in [3.8, 4) is 0 Å². The van der Waals surface area contributed by atoms with Gasteiger partial charge in [-0.1, -0.05) is 41.9 Å². The summed E-state index contributed by atoms with van der Waals surface area (Å²) >= 11 is 6.65. The number of carbonyl (C=O) groups excluding carboxylic acids is 3. The minimum absolute atomic E-state index is 0.108. The Kier molecular flexibility index (Phi) is 7.00. The van der Waals surface area contributed by atoms with Gasteiger partial charge in [0.2, 0.25) is 5.91 Å². The van der Waals surface area contributed by atoms with Crippen LogP contribution in [0.15, 0.2) is 71.8 Å². The molecule has 1 saturated heterocycles. The first-order valence-electron chi connectivity index (χ1n) is 11.2. The molecule has 0 aliphatic carbocycles. The van der Waals surface area contributed by atoms with E-state index in [9.17, 15) is 27.6 Å². The first-order chi connectivity index (χ1) is 18.2. The number of nitrogens with zero attached hydrogens (tertiary/aromatic N) is 2. The van der Waals surface area contributed by atoms with E-state index in [0.29, 0.717) is 39.9 Å². The summed E-state index contributed by atoms with van der Waals surface area (Å²) in [6, 6.07) is 16.5. The van der Waals surface area contributed by atoms with Crippen molar-refractivity contribution in [2.45, 2.75) is 6.54 Å². The maximum Gasteiger partial charge on any atom is 0.294 e. The Hall–Kier alpha value is -4.02. The Morgan fingerprint density at radius 1 is 0.974 bits per heavy atom. The number of anilines is 1. The maximum atomic E-state index is 13.9. The second-order valence-electron chi connectivity index (χ2n) is 8.39. The maximum absolute atomic E-state index is 13.9. The first kappa shape index (κ1) is 25.6. The van der Waals surface area contributed by atoms with Crippen molar-refractivity contribution in [2.24, 2.45) is 0 Å². The molecule has 1 aliphatic rings. The summed E-state index contributed by atoms with van der Waals surface area (Å²) < 4.78 is 42.5. The number of hydrogen-bond acceptors (Lipinski definition) is 4. The molecule has 1 aliphatic heterocycles. The van der Waals surface area contributed by atoms with E-state index >= 15 is 0 Å². The van der Waals surface area contributed by atoms with Gasteiger partial charge in [0, 0.05) is 34.2 Å². The van der Waals surface area contributed by atoms with E-state index in [0.717, 1.165) is 22.5 Å². The van der Waals surface area contributed by atoms with Crippen LogP contribution in [0.5, 0.6) is 0 Å². The van der Waals surface area contributed by atoms with Crippen molar-refractivity contribution >= 4 is 63.1 Å². The number of rotatable bonds is 6. The molecule has 1 fully saturated rings. The van der Waals surface area contributed by atoms with Gasteiger partial charge in [0.15, 0.2) is 17.5 Å². The fourth-order valence-corrected chi connectivity index (χ4v) is 5.00. The smallest absolute Gasteiger partial charge is 0.294 e. The highest BCUT2D eigenvalue weighted by atomic mass is 35.5. The Morgan fingerprint density at radius 2 is 1.71 bits per heavy atom. The van der Waals surface area contributed by atoms with Crippen molar-refractivity contribution in [1.29, 1.82) is 0 Å². The summed E-state index contributed by atoms with van der Waals surface area (Å²) in [5, 5.41) is 2.86. The van der Waals surface area contributed by atoms with Crippen LogP contribution >= 0.6 is 23.4 Å². The van der Waals surface area contributed by atoms with E-state index in [1.165, 1.54) is 0 Å². The molecule has 3 amide bonds. The molecule has 0 unspecified atom stereocenters. The predicted octanol–water partition coefficient (Wildman–Crippen LogP) is 6.44. The lowest BCUT2D eigenvalue weighted by Crippen LogP contribution is -2.36. The molecule has 6 nitrogen and oxygen atoms in total. The third-order valence-corrected chi connectivity index (χ3v) is 7.02. The lowest BCUT2D eigenvalue weighted by atomic mass is 10.1. The Morgan fingerprint density at radius 3 is 2.47 bits per heavy atom. The molecule has 4 aromatic rings. The van der Waals surface area contributed by atoms with Crippen molar-refractivity contribution in [3.63, 3.8) is 0 Å². The zero-order valence-corrected chi connectivity index (χ0v) is 21.0. The minimum atomic E-state index is -1.74. The molecule has 0 spiro atoms. The van der Waals surface area contributed by atoms with Crippen LogP contribution in [0.1, 0.15) is 11.1 Å². The number of imide groups is 1. The molecular formula is C27H17ClF3N3O3S. The Balaban J connectivity index is 1.36. The predicted molar refractivity (Wildman–Crippen MR) is 140 cm³/mol. The molecule has 192 valence electrons. The molecule has 0 saturated carbocycles. The van der Waals surface area contributed by atoms with Gasteiger partial charge in [0.25, 0.3) is 11.1 Å². The number of carbonyl (C=O) groups is 3. The number of benzene rings is 3. The molecule has 2 heterocycles. The van der Waals surface area contributed by atoms with Gasteiger partial charge in [0.1, 0.15) is 6.54 Å². The number of amides is 3.